The van der Waals surface area contributed by atoms with E-state index in [0.717, 1.165) is 4.68 Å². The molecule has 1 amide bonds. The first-order chi connectivity index (χ1) is 10.9. The number of nitrogens with zero attached hydrogens (tertiary/aromatic N) is 2. The molecule has 2 atom stereocenters. The van der Waals surface area contributed by atoms with Crippen LogP contribution in [0.3, 0.4) is 0 Å². The molecule has 0 aliphatic rings. The number of rotatable bonds is 5. The highest BCUT2D eigenvalue weighted by atomic mass is 16.4. The number of aryl methyl sites for hydroxylation is 1. The predicted octanol–water partition coefficient (Wildman–Crippen LogP) is 0.972. The summed E-state index contributed by atoms with van der Waals surface area (Å²) in [6.45, 7) is 1.52. The van der Waals surface area contributed by atoms with E-state index in [2.05, 4.69) is 10.4 Å². The van der Waals surface area contributed by atoms with E-state index in [1.807, 2.05) is 6.07 Å². The molecule has 2 N–H and O–H groups in total. The average molecular weight is 315 g/mol. The molecule has 0 spiro atoms. The first-order valence-electron chi connectivity index (χ1n) is 7.03. The lowest BCUT2D eigenvalue weighted by Crippen LogP contribution is -2.36. The topological polar surface area (TPSA) is 101 Å². The molecule has 7 nitrogen and oxygen atoms in total. The van der Waals surface area contributed by atoms with E-state index < -0.39 is 23.8 Å². The summed E-state index contributed by atoms with van der Waals surface area (Å²) in [4.78, 5) is 35.0. The van der Waals surface area contributed by atoms with Crippen molar-refractivity contribution >= 4 is 11.9 Å². The molecule has 7 heteroatoms. The first-order valence-corrected chi connectivity index (χ1v) is 7.03. The van der Waals surface area contributed by atoms with Gasteiger partial charge in [-0.3, -0.25) is 14.4 Å². The van der Waals surface area contributed by atoms with E-state index in [9.17, 15) is 19.5 Å². The fourth-order valence-electron chi connectivity index (χ4n) is 2.14. The number of nitrogens with one attached hydrogen (secondary N) is 1. The van der Waals surface area contributed by atoms with Crippen molar-refractivity contribution in [2.24, 2.45) is 13.0 Å². The molecule has 1 aromatic carbocycles. The summed E-state index contributed by atoms with van der Waals surface area (Å²) in [6.07, 6.45) is 0. The van der Waals surface area contributed by atoms with Crippen LogP contribution in [0.1, 0.15) is 29.0 Å². The van der Waals surface area contributed by atoms with Crippen molar-refractivity contribution in [2.45, 2.75) is 13.0 Å². The van der Waals surface area contributed by atoms with Gasteiger partial charge in [0.1, 0.15) is 5.69 Å². The Morgan fingerprint density at radius 3 is 2.39 bits per heavy atom. The summed E-state index contributed by atoms with van der Waals surface area (Å²) in [5.74, 6) is -2.39. The second kappa shape index (κ2) is 6.87. The number of aromatic nitrogens is 2. The van der Waals surface area contributed by atoms with Crippen LogP contribution in [0.25, 0.3) is 0 Å². The molecule has 0 bridgehead atoms. The number of carboxylic acids is 1. The second-order valence-electron chi connectivity index (χ2n) is 5.17. The van der Waals surface area contributed by atoms with Crippen LogP contribution in [-0.2, 0) is 11.8 Å². The van der Waals surface area contributed by atoms with Crippen molar-refractivity contribution in [3.63, 3.8) is 0 Å². The average Bonchev–Trinajstić information content (AvgIpc) is 2.55. The highest BCUT2D eigenvalue weighted by Crippen LogP contribution is 2.22. The zero-order chi connectivity index (χ0) is 17.0. The SMILES string of the molecule is CC(C(=O)O)C(NC(=O)c1ccc(=O)n(C)n1)c1ccccc1. The van der Waals surface area contributed by atoms with Gasteiger partial charge in [0.05, 0.1) is 12.0 Å². The monoisotopic (exact) mass is 315 g/mol. The van der Waals surface area contributed by atoms with Crippen LogP contribution in [0.4, 0.5) is 0 Å². The Balaban J connectivity index is 2.30. The lowest BCUT2D eigenvalue weighted by Gasteiger charge is -2.22. The molecule has 23 heavy (non-hydrogen) atoms. The van der Waals surface area contributed by atoms with Crippen LogP contribution in [-0.4, -0.2) is 26.8 Å². The highest BCUT2D eigenvalue weighted by Gasteiger charge is 2.27. The molecule has 0 saturated heterocycles. The third kappa shape index (κ3) is 3.82. The minimum atomic E-state index is -1.02. The van der Waals surface area contributed by atoms with Crippen LogP contribution in [0.15, 0.2) is 47.3 Å². The zero-order valence-corrected chi connectivity index (χ0v) is 12.8. The van der Waals surface area contributed by atoms with Gasteiger partial charge in [0.2, 0.25) is 0 Å². The van der Waals surface area contributed by atoms with Crippen LogP contribution < -0.4 is 10.9 Å². The summed E-state index contributed by atoms with van der Waals surface area (Å²) in [7, 11) is 1.44. The number of carboxylic acid groups (broad SMARTS) is 1. The van der Waals surface area contributed by atoms with E-state index in [1.54, 1.807) is 24.3 Å². The molecule has 1 aromatic heterocycles. The van der Waals surface area contributed by atoms with Gasteiger partial charge in [-0.1, -0.05) is 30.3 Å². The molecule has 0 fully saturated rings. The third-order valence-corrected chi connectivity index (χ3v) is 3.53. The van der Waals surface area contributed by atoms with Crippen molar-refractivity contribution < 1.29 is 14.7 Å². The number of amides is 1. The summed E-state index contributed by atoms with van der Waals surface area (Å²) >= 11 is 0. The quantitative estimate of drug-likeness (QED) is 0.856. The van der Waals surface area contributed by atoms with Crippen molar-refractivity contribution in [3.8, 4) is 0 Å². The molecule has 2 rings (SSSR count). The van der Waals surface area contributed by atoms with Gasteiger partial charge in [-0.2, -0.15) is 5.10 Å². The van der Waals surface area contributed by atoms with Gasteiger partial charge in [0.25, 0.3) is 11.5 Å². The summed E-state index contributed by atoms with van der Waals surface area (Å²) in [5.41, 5.74) is 0.395. The van der Waals surface area contributed by atoms with Crippen molar-refractivity contribution in [1.29, 1.82) is 0 Å². The maximum atomic E-state index is 12.3. The maximum Gasteiger partial charge on any atom is 0.308 e. The molecule has 0 aliphatic heterocycles. The number of carbonyl (C=O) groups excluding carboxylic acids is 1. The van der Waals surface area contributed by atoms with Crippen LogP contribution in [0.2, 0.25) is 0 Å². The Labute approximate surface area is 132 Å². The lowest BCUT2D eigenvalue weighted by atomic mass is 9.94. The zero-order valence-electron chi connectivity index (χ0n) is 12.8. The predicted molar refractivity (Wildman–Crippen MR) is 82.9 cm³/mol. The van der Waals surface area contributed by atoms with Crippen LogP contribution in [0, 0.1) is 5.92 Å². The number of carbonyl (C=O) groups is 2. The van der Waals surface area contributed by atoms with Crippen LogP contribution in [0.5, 0.6) is 0 Å². The van der Waals surface area contributed by atoms with E-state index in [1.165, 1.54) is 26.1 Å². The fraction of sp³-hybridized carbons (Fsp3) is 0.250. The van der Waals surface area contributed by atoms with E-state index >= 15 is 0 Å². The molecular weight excluding hydrogens is 298 g/mol. The molecule has 0 radical (unpaired) electrons. The highest BCUT2D eigenvalue weighted by molar-refractivity contribution is 5.92. The molecule has 0 aliphatic carbocycles. The van der Waals surface area contributed by atoms with Crippen molar-refractivity contribution in [3.05, 3.63) is 64.1 Å². The fourth-order valence-corrected chi connectivity index (χ4v) is 2.14. The molecule has 0 saturated carbocycles. The Hall–Kier alpha value is -2.96. The molecule has 1 heterocycles. The van der Waals surface area contributed by atoms with Gasteiger partial charge in [0.15, 0.2) is 0 Å². The van der Waals surface area contributed by atoms with Gasteiger partial charge in [-0.05, 0) is 18.6 Å². The van der Waals surface area contributed by atoms with E-state index in [0.29, 0.717) is 5.56 Å². The van der Waals surface area contributed by atoms with E-state index in [-0.39, 0.29) is 11.3 Å². The number of benzene rings is 1. The lowest BCUT2D eigenvalue weighted by molar-refractivity contribution is -0.142. The number of hydrogen-bond acceptors (Lipinski definition) is 4. The Morgan fingerprint density at radius 2 is 1.83 bits per heavy atom. The van der Waals surface area contributed by atoms with E-state index in [4.69, 9.17) is 0 Å². The Kier molecular flexibility index (Phi) is 4.90. The first kappa shape index (κ1) is 16.4. The van der Waals surface area contributed by atoms with Crippen molar-refractivity contribution in [1.82, 2.24) is 15.1 Å². The minimum Gasteiger partial charge on any atom is -0.481 e. The van der Waals surface area contributed by atoms with Gasteiger partial charge < -0.3 is 10.4 Å². The van der Waals surface area contributed by atoms with Gasteiger partial charge in [-0.15, -0.1) is 0 Å². The van der Waals surface area contributed by atoms with Gasteiger partial charge >= 0.3 is 5.97 Å². The summed E-state index contributed by atoms with van der Waals surface area (Å²) in [6, 6.07) is 10.7. The largest absolute Gasteiger partial charge is 0.481 e. The normalized spacial score (nSPS) is 13.1. The molecule has 2 aromatic rings. The third-order valence-electron chi connectivity index (χ3n) is 3.53. The summed E-state index contributed by atoms with van der Waals surface area (Å²) < 4.78 is 1.05. The second-order valence-corrected chi connectivity index (χ2v) is 5.17. The molecule has 120 valence electrons. The van der Waals surface area contributed by atoms with Gasteiger partial charge in [0, 0.05) is 13.1 Å². The van der Waals surface area contributed by atoms with Crippen LogP contribution >= 0.6 is 0 Å². The smallest absolute Gasteiger partial charge is 0.308 e. The number of aliphatic carboxylic acids is 1. The maximum absolute atomic E-state index is 12.3. The molecule has 2 unspecified atom stereocenters. The Morgan fingerprint density at radius 1 is 1.17 bits per heavy atom. The minimum absolute atomic E-state index is 0.0469. The van der Waals surface area contributed by atoms with Crippen molar-refractivity contribution in [2.75, 3.05) is 0 Å². The van der Waals surface area contributed by atoms with Gasteiger partial charge in [-0.25, -0.2) is 4.68 Å². The standard InChI is InChI=1S/C16H17N3O4/c1-10(16(22)23)14(11-6-4-3-5-7-11)17-15(21)12-8-9-13(20)19(2)18-12/h3-10,14H,1-2H3,(H,17,21)(H,22,23). The number of hydrogen-bond donors (Lipinski definition) is 2. The molecular formula is C16H17N3O4. The summed E-state index contributed by atoms with van der Waals surface area (Å²) in [5, 5.41) is 15.8. The Bertz CT molecular complexity index is 770.